The van der Waals surface area contributed by atoms with Gasteiger partial charge in [-0.05, 0) is 78.2 Å². The minimum Gasteiger partial charge on any atom is -0.505 e. The number of amides is 1. The van der Waals surface area contributed by atoms with Gasteiger partial charge in [0, 0.05) is 23.1 Å². The fraction of sp³-hybridized carbons (Fsp3) is 0.0294. The van der Waals surface area contributed by atoms with Crippen LogP contribution in [0, 0.1) is 0 Å². The minimum atomic E-state index is -5.13. The van der Waals surface area contributed by atoms with E-state index in [0.29, 0.717) is 0 Å². The van der Waals surface area contributed by atoms with Crippen molar-refractivity contribution in [1.82, 2.24) is 0 Å². The van der Waals surface area contributed by atoms with E-state index in [0.717, 1.165) is 49.4 Å². The van der Waals surface area contributed by atoms with E-state index >= 15 is 0 Å². The predicted molar refractivity (Wildman–Crippen MR) is 217 cm³/mol. The number of carbonyl (C=O) groups is 1. The first-order valence-corrected chi connectivity index (χ1v) is 22.2. The van der Waals surface area contributed by atoms with Gasteiger partial charge in [0.05, 0.1) is 44.7 Å². The van der Waals surface area contributed by atoms with Crippen LogP contribution in [0.5, 0.6) is 5.75 Å². The van der Waals surface area contributed by atoms with Crippen molar-refractivity contribution < 1.29 is 61.8 Å². The third-order valence-electron chi connectivity index (χ3n) is 8.35. The van der Waals surface area contributed by atoms with E-state index in [-0.39, 0.29) is 67.0 Å². The van der Waals surface area contributed by atoms with Crippen LogP contribution in [0.2, 0.25) is 0 Å². The average molecular weight is 914 g/mol. The Balaban J connectivity index is 1.45. The first kappa shape index (κ1) is 43.7. The molecular formula is C34H27N9O14S4. The molecule has 0 atom stereocenters. The summed E-state index contributed by atoms with van der Waals surface area (Å²) < 4.78 is 136. The number of nitrogens with zero attached hydrogens (tertiary/aromatic N) is 6. The van der Waals surface area contributed by atoms with Crippen LogP contribution in [-0.2, 0) is 45.3 Å². The zero-order valence-corrected chi connectivity index (χ0v) is 33.7. The lowest BCUT2D eigenvalue weighted by Gasteiger charge is -2.10. The Hall–Kier alpha value is -6.85. The molecular weight excluding hydrogens is 887 g/mol. The van der Waals surface area contributed by atoms with Crippen LogP contribution in [0.1, 0.15) is 6.92 Å². The van der Waals surface area contributed by atoms with Gasteiger partial charge in [0.2, 0.25) is 5.91 Å². The van der Waals surface area contributed by atoms with Crippen molar-refractivity contribution in [2.75, 3.05) is 16.8 Å². The lowest BCUT2D eigenvalue weighted by atomic mass is 10.1. The number of aromatic hydroxyl groups is 1. The maximum atomic E-state index is 12.5. The van der Waals surface area contributed by atoms with Gasteiger partial charge in [-0.1, -0.05) is 12.1 Å². The molecule has 10 N–H and O–H groups in total. The number of azo groups is 3. The number of anilines is 3. The van der Waals surface area contributed by atoms with E-state index in [1.165, 1.54) is 42.5 Å². The normalized spacial score (nSPS) is 12.9. The summed E-state index contributed by atoms with van der Waals surface area (Å²) in [7, 11) is -19.6. The van der Waals surface area contributed by atoms with Crippen LogP contribution in [0.25, 0.3) is 21.5 Å². The molecule has 1 amide bonds. The standard InChI is InChI=1S/C34H27N9O14S4/c1-16(44)37-28-7-4-19(12-31(28)60(52,53)54)39-40-26-8-9-27(23-13-20(58(46,47)48)5-6-21(23)26)41-43-33-32(61(55,56)57)10-17-2-3-18(11-22(17)34(33)45)38-42-29-15-30(59(49,50)51)25(36)14-24(29)35/h2-15,45H,35-36H2,1H3,(H,37,44)(H,46,47,48)(H,49,50,51)(H,52,53,54)(H,55,56,57). The molecule has 61 heavy (non-hydrogen) atoms. The topological polar surface area (TPSA) is 393 Å². The molecule has 0 aliphatic heterocycles. The molecule has 0 aromatic heterocycles. The molecule has 6 aromatic rings. The number of nitrogens with two attached hydrogens (primary N) is 2. The van der Waals surface area contributed by atoms with Crippen LogP contribution >= 0.6 is 0 Å². The van der Waals surface area contributed by atoms with Gasteiger partial charge in [-0.3, -0.25) is 23.0 Å². The van der Waals surface area contributed by atoms with E-state index < -0.39 is 77.4 Å². The van der Waals surface area contributed by atoms with Gasteiger partial charge >= 0.3 is 0 Å². The highest BCUT2D eigenvalue weighted by atomic mass is 32.2. The van der Waals surface area contributed by atoms with Crippen molar-refractivity contribution in [3.05, 3.63) is 84.9 Å². The Labute approximate surface area is 344 Å². The number of nitrogen functional groups attached to an aromatic ring is 2. The summed E-state index contributed by atoms with van der Waals surface area (Å²) in [5.41, 5.74) is 9.42. The summed E-state index contributed by atoms with van der Waals surface area (Å²) in [6.07, 6.45) is 0. The average Bonchev–Trinajstić information content (AvgIpc) is 3.15. The zero-order chi connectivity index (χ0) is 44.8. The Kier molecular flexibility index (Phi) is 11.4. The van der Waals surface area contributed by atoms with Crippen molar-refractivity contribution in [3.8, 4) is 5.75 Å². The third-order valence-corrected chi connectivity index (χ3v) is 11.9. The molecule has 27 heteroatoms. The van der Waals surface area contributed by atoms with Crippen molar-refractivity contribution in [3.63, 3.8) is 0 Å². The van der Waals surface area contributed by atoms with E-state index in [1.54, 1.807) is 0 Å². The number of benzene rings is 6. The quantitative estimate of drug-likeness (QED) is 0.0366. The number of hydrogen-bond acceptors (Lipinski definition) is 18. The molecule has 316 valence electrons. The monoisotopic (exact) mass is 913 g/mol. The summed E-state index contributed by atoms with van der Waals surface area (Å²) in [6.45, 7) is 1.12. The Bertz CT molecular complexity index is 3420. The fourth-order valence-electron chi connectivity index (χ4n) is 5.64. The summed E-state index contributed by atoms with van der Waals surface area (Å²) >= 11 is 0. The SMILES string of the molecule is CC(=O)Nc1ccc(N=Nc2ccc(N=Nc3c(S(=O)(=O)O)cc4ccc(N=Nc5cc(S(=O)(=O)O)c(N)cc5N)cc4c3O)c3cc(S(=O)(=O)O)ccc23)cc1S(=O)(=O)O. The second-order valence-electron chi connectivity index (χ2n) is 12.6. The Morgan fingerprint density at radius 1 is 0.525 bits per heavy atom. The van der Waals surface area contributed by atoms with Crippen molar-refractivity contribution in [2.45, 2.75) is 26.5 Å². The van der Waals surface area contributed by atoms with Crippen LogP contribution in [0.3, 0.4) is 0 Å². The molecule has 0 aliphatic rings. The maximum absolute atomic E-state index is 12.5. The van der Waals surface area contributed by atoms with Gasteiger partial charge in [0.25, 0.3) is 40.5 Å². The van der Waals surface area contributed by atoms with Crippen molar-refractivity contribution in [2.24, 2.45) is 30.7 Å². The van der Waals surface area contributed by atoms with E-state index in [4.69, 9.17) is 11.5 Å². The van der Waals surface area contributed by atoms with Crippen LogP contribution in [-0.4, -0.2) is 62.9 Å². The van der Waals surface area contributed by atoms with Gasteiger partial charge < -0.3 is 21.9 Å². The molecule has 0 heterocycles. The number of carbonyl (C=O) groups excluding carboxylic acids is 1. The molecule has 0 bridgehead atoms. The van der Waals surface area contributed by atoms with Gasteiger partial charge in [-0.25, -0.2) is 0 Å². The summed E-state index contributed by atoms with van der Waals surface area (Å²) in [4.78, 5) is 8.60. The maximum Gasteiger partial charge on any atom is 0.296 e. The Morgan fingerprint density at radius 2 is 1.10 bits per heavy atom. The van der Waals surface area contributed by atoms with E-state index in [1.807, 2.05) is 0 Å². The second-order valence-corrected chi connectivity index (χ2v) is 18.2. The molecule has 6 rings (SSSR count). The van der Waals surface area contributed by atoms with E-state index in [9.17, 15) is 61.8 Å². The first-order chi connectivity index (χ1) is 28.3. The zero-order valence-electron chi connectivity index (χ0n) is 30.5. The number of nitrogens with one attached hydrogen (secondary N) is 1. The fourth-order valence-corrected chi connectivity index (χ4v) is 8.08. The largest absolute Gasteiger partial charge is 0.505 e. The lowest BCUT2D eigenvalue weighted by molar-refractivity contribution is -0.114. The first-order valence-electron chi connectivity index (χ1n) is 16.4. The highest BCUT2D eigenvalue weighted by Crippen LogP contribution is 2.44. The highest BCUT2D eigenvalue weighted by molar-refractivity contribution is 7.86. The van der Waals surface area contributed by atoms with Crippen molar-refractivity contribution in [1.29, 1.82) is 0 Å². The highest BCUT2D eigenvalue weighted by Gasteiger charge is 2.24. The van der Waals surface area contributed by atoms with Gasteiger partial charge in [-0.2, -0.15) is 43.9 Å². The number of rotatable bonds is 11. The van der Waals surface area contributed by atoms with Gasteiger partial charge in [0.15, 0.2) is 5.75 Å². The lowest BCUT2D eigenvalue weighted by Crippen LogP contribution is -2.10. The Morgan fingerprint density at radius 3 is 1.70 bits per heavy atom. The number of fused-ring (bicyclic) bond motifs is 2. The smallest absolute Gasteiger partial charge is 0.296 e. The number of hydrogen-bond donors (Lipinski definition) is 8. The predicted octanol–water partition coefficient (Wildman–Crippen LogP) is 7.05. The van der Waals surface area contributed by atoms with Gasteiger partial charge in [-0.15, -0.1) is 20.5 Å². The van der Waals surface area contributed by atoms with Crippen LogP contribution in [0.15, 0.2) is 135 Å². The molecule has 0 saturated carbocycles. The van der Waals surface area contributed by atoms with E-state index in [2.05, 4.69) is 36.0 Å². The van der Waals surface area contributed by atoms with Crippen LogP contribution < -0.4 is 16.8 Å². The van der Waals surface area contributed by atoms with Crippen LogP contribution in [0.4, 0.5) is 51.2 Å². The number of phenols is 1. The van der Waals surface area contributed by atoms with Gasteiger partial charge in [0.1, 0.15) is 26.1 Å². The third kappa shape index (κ3) is 9.63. The molecule has 0 radical (unpaired) electrons. The molecule has 0 fully saturated rings. The second kappa shape index (κ2) is 16.0. The van der Waals surface area contributed by atoms with Crippen molar-refractivity contribution >= 4 is 119 Å². The summed E-state index contributed by atoms with van der Waals surface area (Å²) in [6, 6.07) is 15.6. The molecule has 0 aliphatic carbocycles. The summed E-state index contributed by atoms with van der Waals surface area (Å²) in [5, 5.41) is 37.4. The molecule has 23 nitrogen and oxygen atoms in total. The summed E-state index contributed by atoms with van der Waals surface area (Å²) in [5.74, 6) is -1.48. The molecule has 0 spiro atoms. The minimum absolute atomic E-state index is 0.000937. The molecule has 6 aromatic carbocycles. The molecule has 0 saturated heterocycles. The number of phenolic OH excluding ortho intramolecular Hbond substituents is 1. The molecule has 0 unspecified atom stereocenters.